The predicted octanol–water partition coefficient (Wildman–Crippen LogP) is 0.574. The second-order valence-electron chi connectivity index (χ2n) is 3.58. The number of hydrogen-bond donors (Lipinski definition) is 1. The lowest BCUT2D eigenvalue weighted by Gasteiger charge is -2.18. The van der Waals surface area contributed by atoms with E-state index >= 15 is 0 Å². The Morgan fingerprint density at radius 3 is 2.92 bits per heavy atom. The zero-order valence-corrected chi connectivity index (χ0v) is 7.88. The van der Waals surface area contributed by atoms with Gasteiger partial charge < -0.3 is 5.11 Å². The van der Waals surface area contributed by atoms with Gasteiger partial charge in [0.1, 0.15) is 5.38 Å². The Labute approximate surface area is 77.5 Å². The van der Waals surface area contributed by atoms with Crippen molar-refractivity contribution >= 4 is 11.6 Å². The Morgan fingerprint density at radius 1 is 1.83 bits per heavy atom. The molecule has 0 saturated carbocycles. The molecule has 0 bridgehead atoms. The molecule has 1 rings (SSSR count). The first-order chi connectivity index (χ1) is 5.53. The summed E-state index contributed by atoms with van der Waals surface area (Å²) in [7, 11) is 0. The molecule has 0 aliphatic carbocycles. The molecule has 1 heterocycles. The van der Waals surface area contributed by atoms with Gasteiger partial charge in [-0.15, -0.1) is 11.6 Å². The highest BCUT2D eigenvalue weighted by molar-refractivity contribution is 6.22. The van der Waals surface area contributed by atoms with Crippen LogP contribution in [0.25, 0.3) is 0 Å². The van der Waals surface area contributed by atoms with Gasteiger partial charge >= 0.3 is 0 Å². The summed E-state index contributed by atoms with van der Waals surface area (Å²) < 4.78 is 0. The molecule has 0 amide bonds. The van der Waals surface area contributed by atoms with Crippen LogP contribution in [-0.2, 0) is 0 Å². The lowest BCUT2D eigenvalue weighted by atomic mass is 10.1. The molecule has 0 radical (unpaired) electrons. The minimum Gasteiger partial charge on any atom is -0.389 e. The third-order valence-electron chi connectivity index (χ3n) is 2.09. The molecule has 1 saturated heterocycles. The van der Waals surface area contributed by atoms with Crippen LogP contribution in [0.3, 0.4) is 0 Å². The summed E-state index contributed by atoms with van der Waals surface area (Å²) in [6, 6.07) is 1.96. The summed E-state index contributed by atoms with van der Waals surface area (Å²) in [5.74, 6) is 0. The average molecular weight is 189 g/mol. The molecule has 1 N–H and O–H groups in total. The molecule has 2 atom stereocenters. The van der Waals surface area contributed by atoms with E-state index in [0.29, 0.717) is 13.1 Å². The number of nitrogens with zero attached hydrogens (tertiary/aromatic N) is 2. The number of likely N-dealkylation sites (tertiary alicyclic amines) is 1. The summed E-state index contributed by atoms with van der Waals surface area (Å²) in [5.41, 5.74) is -0.591. The van der Waals surface area contributed by atoms with E-state index in [1.54, 1.807) is 0 Å². The molecule has 0 spiro atoms. The van der Waals surface area contributed by atoms with E-state index in [9.17, 15) is 5.11 Å². The van der Waals surface area contributed by atoms with E-state index in [2.05, 4.69) is 0 Å². The Morgan fingerprint density at radius 2 is 2.50 bits per heavy atom. The van der Waals surface area contributed by atoms with E-state index in [-0.39, 0.29) is 0 Å². The van der Waals surface area contributed by atoms with Crippen LogP contribution in [0.5, 0.6) is 0 Å². The lowest BCUT2D eigenvalue weighted by Crippen LogP contribution is -2.32. The maximum atomic E-state index is 9.58. The van der Waals surface area contributed by atoms with Gasteiger partial charge in [-0.2, -0.15) is 5.26 Å². The Bertz CT molecular complexity index is 200. The number of halogens is 1. The summed E-state index contributed by atoms with van der Waals surface area (Å²) >= 11 is 5.65. The maximum absolute atomic E-state index is 9.58. The minimum absolute atomic E-state index is 0.459. The van der Waals surface area contributed by atoms with Crippen molar-refractivity contribution < 1.29 is 5.11 Å². The van der Waals surface area contributed by atoms with Gasteiger partial charge in [-0.25, -0.2) is 0 Å². The smallest absolute Gasteiger partial charge is 0.133 e. The van der Waals surface area contributed by atoms with Gasteiger partial charge in [-0.05, 0) is 13.3 Å². The molecule has 0 aromatic heterocycles. The van der Waals surface area contributed by atoms with Crippen molar-refractivity contribution in [3.63, 3.8) is 0 Å². The van der Waals surface area contributed by atoms with Gasteiger partial charge in [-0.1, -0.05) is 0 Å². The maximum Gasteiger partial charge on any atom is 0.133 e. The molecular formula is C8H13ClN2O. The van der Waals surface area contributed by atoms with E-state index < -0.39 is 11.0 Å². The molecule has 68 valence electrons. The Kier molecular flexibility index (Phi) is 2.94. The lowest BCUT2D eigenvalue weighted by molar-refractivity contribution is 0.0692. The van der Waals surface area contributed by atoms with Crippen molar-refractivity contribution in [3.8, 4) is 6.07 Å². The first kappa shape index (κ1) is 9.79. The van der Waals surface area contributed by atoms with E-state index in [0.717, 1.165) is 13.0 Å². The third kappa shape index (κ3) is 2.63. The quantitative estimate of drug-likeness (QED) is 0.645. The van der Waals surface area contributed by atoms with Crippen LogP contribution in [-0.4, -0.2) is 40.6 Å². The Hall–Kier alpha value is -0.300. The summed E-state index contributed by atoms with van der Waals surface area (Å²) in [5, 5.41) is 17.6. The largest absolute Gasteiger partial charge is 0.389 e. The van der Waals surface area contributed by atoms with Crippen LogP contribution in [0.1, 0.15) is 13.3 Å². The standard InChI is InChI=1S/C8H13ClN2O/c1-8(12)2-3-11(6-8)5-7(9)4-10/h7,12H,2-3,5-6H2,1H3. The van der Waals surface area contributed by atoms with Crippen molar-refractivity contribution in [1.82, 2.24) is 4.90 Å². The molecule has 4 heteroatoms. The third-order valence-corrected chi connectivity index (χ3v) is 2.33. The number of rotatable bonds is 2. The fourth-order valence-electron chi connectivity index (χ4n) is 1.46. The molecule has 2 unspecified atom stereocenters. The minimum atomic E-state index is -0.591. The number of aliphatic hydroxyl groups is 1. The molecule has 0 aromatic rings. The second-order valence-corrected chi connectivity index (χ2v) is 4.11. The number of hydrogen-bond acceptors (Lipinski definition) is 3. The molecule has 0 aromatic carbocycles. The zero-order chi connectivity index (χ0) is 9.19. The van der Waals surface area contributed by atoms with Crippen LogP contribution >= 0.6 is 11.6 Å². The van der Waals surface area contributed by atoms with Gasteiger partial charge in [-0.3, -0.25) is 4.90 Å². The molecule has 12 heavy (non-hydrogen) atoms. The number of alkyl halides is 1. The monoisotopic (exact) mass is 188 g/mol. The molecule has 1 aliphatic heterocycles. The molecule has 3 nitrogen and oxygen atoms in total. The molecular weight excluding hydrogens is 176 g/mol. The summed E-state index contributed by atoms with van der Waals surface area (Å²) in [6.45, 7) is 3.81. The van der Waals surface area contributed by atoms with Crippen LogP contribution in [0.4, 0.5) is 0 Å². The van der Waals surface area contributed by atoms with E-state index in [1.165, 1.54) is 0 Å². The SMILES string of the molecule is CC1(O)CCN(CC(Cl)C#N)C1. The summed E-state index contributed by atoms with van der Waals surface area (Å²) in [4.78, 5) is 2.01. The van der Waals surface area contributed by atoms with Gasteiger partial charge in [0.05, 0.1) is 11.7 Å². The van der Waals surface area contributed by atoms with Gasteiger partial charge in [0, 0.05) is 19.6 Å². The zero-order valence-electron chi connectivity index (χ0n) is 7.13. The topological polar surface area (TPSA) is 47.3 Å². The Balaban J connectivity index is 2.34. The molecule has 1 aliphatic rings. The first-order valence-electron chi connectivity index (χ1n) is 4.02. The fraction of sp³-hybridized carbons (Fsp3) is 0.875. The van der Waals surface area contributed by atoms with Crippen molar-refractivity contribution in [2.24, 2.45) is 0 Å². The summed E-state index contributed by atoms with van der Waals surface area (Å²) in [6.07, 6.45) is 0.766. The van der Waals surface area contributed by atoms with Crippen LogP contribution in [0.2, 0.25) is 0 Å². The molecule has 1 fully saturated rings. The van der Waals surface area contributed by atoms with Crippen LogP contribution in [0.15, 0.2) is 0 Å². The van der Waals surface area contributed by atoms with Crippen molar-refractivity contribution in [3.05, 3.63) is 0 Å². The highest BCUT2D eigenvalue weighted by Crippen LogP contribution is 2.20. The van der Waals surface area contributed by atoms with Crippen LogP contribution < -0.4 is 0 Å². The van der Waals surface area contributed by atoms with Crippen molar-refractivity contribution in [1.29, 1.82) is 5.26 Å². The second kappa shape index (κ2) is 3.61. The highest BCUT2D eigenvalue weighted by Gasteiger charge is 2.31. The van der Waals surface area contributed by atoms with Gasteiger partial charge in [0.2, 0.25) is 0 Å². The highest BCUT2D eigenvalue weighted by atomic mass is 35.5. The predicted molar refractivity (Wildman–Crippen MR) is 46.9 cm³/mol. The van der Waals surface area contributed by atoms with Gasteiger partial charge in [0.25, 0.3) is 0 Å². The van der Waals surface area contributed by atoms with Gasteiger partial charge in [0.15, 0.2) is 0 Å². The van der Waals surface area contributed by atoms with Crippen LogP contribution in [0, 0.1) is 11.3 Å². The number of nitriles is 1. The average Bonchev–Trinajstić information content (AvgIpc) is 2.30. The van der Waals surface area contributed by atoms with Crippen molar-refractivity contribution in [2.45, 2.75) is 24.3 Å². The van der Waals surface area contributed by atoms with E-state index in [1.807, 2.05) is 17.9 Å². The number of β-amino-alcohol motifs (C(OH)–C–C–N with tert-alkyl or cyclic N) is 1. The fourth-order valence-corrected chi connectivity index (χ4v) is 1.66. The van der Waals surface area contributed by atoms with Crippen molar-refractivity contribution in [2.75, 3.05) is 19.6 Å². The first-order valence-corrected chi connectivity index (χ1v) is 4.45. The normalized spacial score (nSPS) is 33.2. The van der Waals surface area contributed by atoms with E-state index in [4.69, 9.17) is 16.9 Å².